The zero-order chi connectivity index (χ0) is 20.1. The van der Waals surface area contributed by atoms with Gasteiger partial charge in [0.25, 0.3) is 0 Å². The molecule has 6 nitrogen and oxygen atoms in total. The first-order valence-corrected chi connectivity index (χ1v) is 10.0. The number of nitrogens with one attached hydrogen (secondary N) is 1. The maximum absolute atomic E-state index is 6.44. The van der Waals surface area contributed by atoms with E-state index in [0.29, 0.717) is 17.4 Å². The molecule has 1 aromatic heterocycles. The van der Waals surface area contributed by atoms with Crippen LogP contribution in [0, 0.1) is 5.92 Å². The van der Waals surface area contributed by atoms with Crippen LogP contribution in [0.15, 0.2) is 60.9 Å². The largest absolute Gasteiger partial charge is 0.495 e. The number of rotatable bonds is 6. The Balaban J connectivity index is 1.44. The molecule has 4 rings (SSSR count). The molecule has 1 aliphatic heterocycles. The molecule has 6 heteroatoms. The Morgan fingerprint density at radius 3 is 2.52 bits per heavy atom. The second-order valence-corrected chi connectivity index (χ2v) is 7.40. The Bertz CT molecular complexity index is 939. The van der Waals surface area contributed by atoms with Gasteiger partial charge in [-0.2, -0.15) is 0 Å². The van der Waals surface area contributed by atoms with Gasteiger partial charge in [0, 0.05) is 13.1 Å². The van der Waals surface area contributed by atoms with Crippen molar-refractivity contribution in [1.29, 1.82) is 0 Å². The van der Waals surface area contributed by atoms with E-state index < -0.39 is 0 Å². The predicted molar refractivity (Wildman–Crippen MR) is 118 cm³/mol. The molecule has 3 N–H and O–H groups in total. The molecule has 29 heavy (non-hydrogen) atoms. The Labute approximate surface area is 171 Å². The van der Waals surface area contributed by atoms with E-state index in [0.717, 1.165) is 49.6 Å². The van der Waals surface area contributed by atoms with Crippen LogP contribution in [-0.2, 0) is 6.42 Å². The van der Waals surface area contributed by atoms with E-state index in [4.69, 9.17) is 10.5 Å². The van der Waals surface area contributed by atoms with E-state index in [1.165, 1.54) is 5.56 Å². The summed E-state index contributed by atoms with van der Waals surface area (Å²) in [6.07, 6.45) is 4.97. The maximum atomic E-state index is 6.44. The van der Waals surface area contributed by atoms with Gasteiger partial charge in [0.2, 0.25) is 0 Å². The molecule has 1 fully saturated rings. The highest BCUT2D eigenvalue weighted by Gasteiger charge is 2.23. The number of nitrogen functional groups attached to an aromatic ring is 1. The lowest BCUT2D eigenvalue weighted by Crippen LogP contribution is -2.35. The molecule has 1 saturated heterocycles. The number of hydrogen-bond acceptors (Lipinski definition) is 6. The summed E-state index contributed by atoms with van der Waals surface area (Å²) < 4.78 is 5.41. The minimum Gasteiger partial charge on any atom is -0.495 e. The fourth-order valence-electron chi connectivity index (χ4n) is 3.91. The molecule has 0 bridgehead atoms. The van der Waals surface area contributed by atoms with Crippen LogP contribution in [0.3, 0.4) is 0 Å². The van der Waals surface area contributed by atoms with Crippen molar-refractivity contribution < 1.29 is 4.74 Å². The summed E-state index contributed by atoms with van der Waals surface area (Å²) in [5.74, 6) is 2.85. The normalized spacial score (nSPS) is 14.6. The summed E-state index contributed by atoms with van der Waals surface area (Å²) >= 11 is 0. The topological polar surface area (TPSA) is 76.3 Å². The van der Waals surface area contributed by atoms with Crippen molar-refractivity contribution in [3.63, 3.8) is 0 Å². The van der Waals surface area contributed by atoms with Crippen LogP contribution < -0.4 is 20.7 Å². The van der Waals surface area contributed by atoms with Gasteiger partial charge in [0.1, 0.15) is 17.8 Å². The number of methoxy groups -OCH3 is 1. The lowest BCUT2D eigenvalue weighted by molar-refractivity contribution is 0.402. The van der Waals surface area contributed by atoms with Gasteiger partial charge < -0.3 is 20.7 Å². The van der Waals surface area contributed by atoms with Gasteiger partial charge in [0.05, 0.1) is 12.8 Å². The van der Waals surface area contributed by atoms with Gasteiger partial charge >= 0.3 is 0 Å². The molecule has 0 saturated carbocycles. The third-order valence-corrected chi connectivity index (χ3v) is 5.50. The number of para-hydroxylation sites is 2. The van der Waals surface area contributed by atoms with Gasteiger partial charge in [-0.15, -0.1) is 0 Å². The highest BCUT2D eigenvalue weighted by molar-refractivity contribution is 5.79. The van der Waals surface area contributed by atoms with Gasteiger partial charge in [-0.3, -0.25) is 0 Å². The molecule has 3 aromatic rings. The van der Waals surface area contributed by atoms with E-state index >= 15 is 0 Å². The van der Waals surface area contributed by atoms with Crippen LogP contribution in [0.2, 0.25) is 0 Å². The van der Waals surface area contributed by atoms with Gasteiger partial charge in [-0.05, 0) is 42.9 Å². The molecule has 2 aromatic carbocycles. The lowest BCUT2D eigenvalue weighted by Gasteiger charge is -2.33. The van der Waals surface area contributed by atoms with Crippen molar-refractivity contribution in [2.24, 2.45) is 5.92 Å². The standard InChI is InChI=1S/C23H27N5O/c1-29-20-10-6-5-9-19(20)27-22-21(24)23(26-16-25-22)28-13-11-18(12-14-28)15-17-7-3-2-4-8-17/h2-10,16,18H,11-15,24H2,1H3,(H,25,26,27). The van der Waals surface area contributed by atoms with E-state index in [1.807, 2.05) is 24.3 Å². The molecule has 0 amide bonds. The number of ether oxygens (including phenoxy) is 1. The Morgan fingerprint density at radius 2 is 1.76 bits per heavy atom. The lowest BCUT2D eigenvalue weighted by atomic mass is 9.90. The van der Waals surface area contributed by atoms with Crippen molar-refractivity contribution >= 4 is 23.0 Å². The van der Waals surface area contributed by atoms with Gasteiger partial charge in [-0.25, -0.2) is 9.97 Å². The smallest absolute Gasteiger partial charge is 0.159 e. The van der Waals surface area contributed by atoms with Crippen LogP contribution in [0.5, 0.6) is 5.75 Å². The van der Waals surface area contributed by atoms with E-state index in [-0.39, 0.29) is 0 Å². The summed E-state index contributed by atoms with van der Waals surface area (Å²) in [6, 6.07) is 18.4. The quantitative estimate of drug-likeness (QED) is 0.656. The average molecular weight is 390 g/mol. The number of nitrogens with zero attached hydrogens (tertiary/aromatic N) is 3. The van der Waals surface area contributed by atoms with E-state index in [1.54, 1.807) is 13.4 Å². The first kappa shape index (κ1) is 19.1. The summed E-state index contributed by atoms with van der Waals surface area (Å²) in [7, 11) is 1.65. The van der Waals surface area contributed by atoms with Crippen molar-refractivity contribution in [2.75, 3.05) is 36.1 Å². The van der Waals surface area contributed by atoms with Crippen LogP contribution >= 0.6 is 0 Å². The molecular weight excluding hydrogens is 362 g/mol. The minimum absolute atomic E-state index is 0.569. The number of aromatic nitrogens is 2. The minimum atomic E-state index is 0.569. The van der Waals surface area contributed by atoms with Crippen molar-refractivity contribution in [1.82, 2.24) is 9.97 Å². The first-order valence-electron chi connectivity index (χ1n) is 10.0. The average Bonchev–Trinajstić information content (AvgIpc) is 2.77. The zero-order valence-corrected chi connectivity index (χ0v) is 16.7. The third kappa shape index (κ3) is 4.42. The fourth-order valence-corrected chi connectivity index (χ4v) is 3.91. The highest BCUT2D eigenvalue weighted by atomic mass is 16.5. The number of piperidine rings is 1. The van der Waals surface area contributed by atoms with Crippen molar-refractivity contribution in [2.45, 2.75) is 19.3 Å². The first-order chi connectivity index (χ1) is 14.2. The summed E-state index contributed by atoms with van der Waals surface area (Å²) in [5, 5.41) is 3.28. The Hall–Kier alpha value is -3.28. The maximum Gasteiger partial charge on any atom is 0.159 e. The third-order valence-electron chi connectivity index (χ3n) is 5.50. The molecule has 2 heterocycles. The van der Waals surface area contributed by atoms with Crippen LogP contribution in [0.1, 0.15) is 18.4 Å². The SMILES string of the molecule is COc1ccccc1Nc1ncnc(N2CCC(Cc3ccccc3)CC2)c1N. The molecule has 0 aliphatic carbocycles. The number of hydrogen-bond donors (Lipinski definition) is 2. The summed E-state index contributed by atoms with van der Waals surface area (Å²) in [5.41, 5.74) is 9.25. The van der Waals surface area contributed by atoms with Crippen LogP contribution in [0.4, 0.5) is 23.0 Å². The molecule has 0 spiro atoms. The molecule has 0 unspecified atom stereocenters. The molecule has 0 radical (unpaired) electrons. The Morgan fingerprint density at radius 1 is 1.03 bits per heavy atom. The molecular formula is C23H27N5O. The van der Waals surface area contributed by atoms with E-state index in [2.05, 4.69) is 50.5 Å². The van der Waals surface area contributed by atoms with Gasteiger partial charge in [0.15, 0.2) is 11.6 Å². The number of nitrogens with two attached hydrogens (primary N) is 1. The summed E-state index contributed by atoms with van der Waals surface area (Å²) in [6.45, 7) is 1.90. The molecule has 0 atom stereocenters. The van der Waals surface area contributed by atoms with Crippen molar-refractivity contribution in [3.8, 4) is 5.75 Å². The fraction of sp³-hybridized carbons (Fsp3) is 0.304. The van der Waals surface area contributed by atoms with Crippen LogP contribution in [-0.4, -0.2) is 30.2 Å². The number of benzene rings is 2. The number of anilines is 4. The Kier molecular flexibility index (Phi) is 5.79. The molecule has 150 valence electrons. The predicted octanol–water partition coefficient (Wildman–Crippen LogP) is 4.27. The second kappa shape index (κ2) is 8.82. The highest BCUT2D eigenvalue weighted by Crippen LogP contribution is 2.34. The zero-order valence-electron chi connectivity index (χ0n) is 16.7. The monoisotopic (exact) mass is 389 g/mol. The molecule has 1 aliphatic rings. The van der Waals surface area contributed by atoms with Gasteiger partial charge in [-0.1, -0.05) is 42.5 Å². The summed E-state index contributed by atoms with van der Waals surface area (Å²) in [4.78, 5) is 11.1. The second-order valence-electron chi connectivity index (χ2n) is 7.40. The van der Waals surface area contributed by atoms with Crippen molar-refractivity contribution in [3.05, 3.63) is 66.5 Å². The van der Waals surface area contributed by atoms with E-state index in [9.17, 15) is 0 Å². The van der Waals surface area contributed by atoms with Crippen LogP contribution in [0.25, 0.3) is 0 Å².